The van der Waals surface area contributed by atoms with E-state index in [4.69, 9.17) is 14.0 Å². The Bertz CT molecular complexity index is 1550. The van der Waals surface area contributed by atoms with Crippen molar-refractivity contribution in [1.29, 1.82) is 0 Å². The lowest BCUT2D eigenvalue weighted by atomic mass is 9.77. The molecule has 1 N–H and O–H groups in total. The second kappa shape index (κ2) is 11.2. The van der Waals surface area contributed by atoms with Crippen LogP contribution in [0.1, 0.15) is 50.3 Å². The van der Waals surface area contributed by atoms with Gasteiger partial charge in [0.1, 0.15) is 6.61 Å². The van der Waals surface area contributed by atoms with E-state index in [-0.39, 0.29) is 19.1 Å². The minimum absolute atomic E-state index is 0.00104. The fraction of sp³-hybridized carbons (Fsp3) is 0.257. The normalized spacial score (nSPS) is 17.0. The van der Waals surface area contributed by atoms with E-state index in [0.29, 0.717) is 0 Å². The Morgan fingerprint density at radius 3 is 2.05 bits per heavy atom. The standard InChI is InChI=1S/C35H35BN2O4/c1-34(2)35(3,4)42-36(41-34)26(21-24-16-18-25(19-17-24)32-15-9-10-20-37-32)22-38-33(39)40-23-31-29-13-7-5-11-27(29)28-12-6-8-14-30(28)31/h5-21,31H,22-23H2,1-4H3,(H,38,39). The fourth-order valence-corrected chi connectivity index (χ4v) is 5.52. The van der Waals surface area contributed by atoms with E-state index in [0.717, 1.165) is 22.3 Å². The molecule has 3 aromatic carbocycles. The molecule has 212 valence electrons. The molecular formula is C35H35BN2O4. The predicted molar refractivity (Wildman–Crippen MR) is 167 cm³/mol. The first-order valence-corrected chi connectivity index (χ1v) is 14.4. The Hall–Kier alpha value is -4.20. The summed E-state index contributed by atoms with van der Waals surface area (Å²) in [4.78, 5) is 17.4. The first kappa shape index (κ1) is 27.9. The van der Waals surface area contributed by atoms with Crippen molar-refractivity contribution in [2.24, 2.45) is 0 Å². The maximum Gasteiger partial charge on any atom is 0.492 e. The van der Waals surface area contributed by atoms with Crippen molar-refractivity contribution in [1.82, 2.24) is 10.3 Å². The molecule has 6 nitrogen and oxygen atoms in total. The number of nitrogens with zero attached hydrogens (tertiary/aromatic N) is 1. The number of rotatable bonds is 7. The smallest absolute Gasteiger partial charge is 0.449 e. The van der Waals surface area contributed by atoms with Crippen molar-refractivity contribution in [2.75, 3.05) is 13.2 Å². The van der Waals surface area contributed by atoms with E-state index in [1.54, 1.807) is 6.20 Å². The molecule has 1 aromatic heterocycles. The minimum Gasteiger partial charge on any atom is -0.449 e. The molecule has 1 aliphatic heterocycles. The van der Waals surface area contributed by atoms with Crippen LogP contribution in [0.4, 0.5) is 4.79 Å². The van der Waals surface area contributed by atoms with Gasteiger partial charge >= 0.3 is 13.2 Å². The van der Waals surface area contributed by atoms with Gasteiger partial charge < -0.3 is 19.4 Å². The maximum atomic E-state index is 13.0. The van der Waals surface area contributed by atoms with E-state index in [2.05, 4.69) is 34.6 Å². The summed E-state index contributed by atoms with van der Waals surface area (Å²) in [6.45, 7) is 8.55. The number of carbonyl (C=O) groups is 1. The molecule has 0 saturated carbocycles. The topological polar surface area (TPSA) is 69.7 Å². The number of ether oxygens (including phenoxy) is 1. The summed E-state index contributed by atoms with van der Waals surface area (Å²) in [5, 5.41) is 2.94. The Balaban J connectivity index is 1.17. The van der Waals surface area contributed by atoms with Crippen LogP contribution in [0.25, 0.3) is 28.5 Å². The number of benzene rings is 3. The quantitative estimate of drug-likeness (QED) is 0.241. The number of hydrogen-bond donors (Lipinski definition) is 1. The molecule has 1 fully saturated rings. The van der Waals surface area contributed by atoms with Crippen LogP contribution in [0.2, 0.25) is 0 Å². The Labute approximate surface area is 247 Å². The summed E-state index contributed by atoms with van der Waals surface area (Å²) < 4.78 is 18.5. The minimum atomic E-state index is -0.612. The van der Waals surface area contributed by atoms with Crippen LogP contribution in [-0.2, 0) is 14.0 Å². The summed E-state index contributed by atoms with van der Waals surface area (Å²) in [6, 6.07) is 30.6. The zero-order valence-electron chi connectivity index (χ0n) is 24.5. The summed E-state index contributed by atoms with van der Waals surface area (Å²) in [6.07, 6.45) is 3.31. The van der Waals surface area contributed by atoms with Gasteiger partial charge in [-0.1, -0.05) is 84.9 Å². The average molecular weight is 558 g/mol. The van der Waals surface area contributed by atoms with E-state index in [9.17, 15) is 4.79 Å². The van der Waals surface area contributed by atoms with Gasteiger partial charge in [0.2, 0.25) is 0 Å². The third-order valence-corrected chi connectivity index (χ3v) is 8.56. The lowest BCUT2D eigenvalue weighted by molar-refractivity contribution is 0.00578. The molecule has 7 heteroatoms. The number of fused-ring (bicyclic) bond motifs is 3. The second-order valence-corrected chi connectivity index (χ2v) is 11.8. The predicted octanol–water partition coefficient (Wildman–Crippen LogP) is 7.30. The van der Waals surface area contributed by atoms with Crippen LogP contribution < -0.4 is 5.32 Å². The molecule has 0 radical (unpaired) electrons. The van der Waals surface area contributed by atoms with Crippen LogP contribution in [0.15, 0.2) is 103 Å². The summed E-state index contributed by atoms with van der Waals surface area (Å²) in [5.74, 6) is -0.00104. The number of carbonyl (C=O) groups excluding carboxylic acids is 1. The van der Waals surface area contributed by atoms with E-state index >= 15 is 0 Å². The third kappa shape index (κ3) is 5.50. The first-order chi connectivity index (χ1) is 20.2. The van der Waals surface area contributed by atoms with Gasteiger partial charge in [-0.25, -0.2) is 4.79 Å². The highest BCUT2D eigenvalue weighted by molar-refractivity contribution is 6.56. The second-order valence-electron chi connectivity index (χ2n) is 11.8. The lowest BCUT2D eigenvalue weighted by Crippen LogP contribution is -2.41. The van der Waals surface area contributed by atoms with Crippen LogP contribution in [0.3, 0.4) is 0 Å². The van der Waals surface area contributed by atoms with Gasteiger partial charge in [-0.2, -0.15) is 0 Å². The maximum absolute atomic E-state index is 13.0. The zero-order chi connectivity index (χ0) is 29.3. The molecular weight excluding hydrogens is 523 g/mol. The zero-order valence-corrected chi connectivity index (χ0v) is 24.5. The fourth-order valence-electron chi connectivity index (χ4n) is 5.52. The van der Waals surface area contributed by atoms with Gasteiger partial charge in [-0.05, 0) is 73.1 Å². The molecule has 0 bridgehead atoms. The molecule has 2 heterocycles. The van der Waals surface area contributed by atoms with Gasteiger partial charge in [0.15, 0.2) is 0 Å². The van der Waals surface area contributed by atoms with Gasteiger partial charge in [0.25, 0.3) is 0 Å². The van der Waals surface area contributed by atoms with Crippen LogP contribution >= 0.6 is 0 Å². The highest BCUT2D eigenvalue weighted by Gasteiger charge is 2.52. The molecule has 0 atom stereocenters. The first-order valence-electron chi connectivity index (χ1n) is 14.4. The van der Waals surface area contributed by atoms with Crippen LogP contribution in [-0.4, -0.2) is 42.5 Å². The van der Waals surface area contributed by atoms with Crippen molar-refractivity contribution in [2.45, 2.75) is 44.8 Å². The molecule has 2 aliphatic rings. The molecule has 4 aromatic rings. The van der Waals surface area contributed by atoms with Crippen molar-refractivity contribution in [3.05, 3.63) is 119 Å². The van der Waals surface area contributed by atoms with Crippen molar-refractivity contribution < 1.29 is 18.8 Å². The molecule has 0 unspecified atom stereocenters. The van der Waals surface area contributed by atoms with Crippen LogP contribution in [0, 0.1) is 0 Å². The molecule has 1 aliphatic carbocycles. The molecule has 1 saturated heterocycles. The van der Waals surface area contributed by atoms with Gasteiger partial charge in [0.05, 0.1) is 16.9 Å². The van der Waals surface area contributed by atoms with E-state index in [1.165, 1.54) is 22.3 Å². The monoisotopic (exact) mass is 558 g/mol. The van der Waals surface area contributed by atoms with Gasteiger partial charge in [-0.15, -0.1) is 0 Å². The molecule has 6 rings (SSSR count). The molecule has 1 amide bonds. The third-order valence-electron chi connectivity index (χ3n) is 8.56. The number of amides is 1. The van der Waals surface area contributed by atoms with Crippen LogP contribution in [0.5, 0.6) is 0 Å². The highest BCUT2D eigenvalue weighted by atomic mass is 16.7. The van der Waals surface area contributed by atoms with Crippen molar-refractivity contribution in [3.63, 3.8) is 0 Å². The Morgan fingerprint density at radius 1 is 0.857 bits per heavy atom. The number of alkyl carbamates (subject to hydrolysis) is 1. The number of nitrogens with one attached hydrogen (secondary N) is 1. The largest absolute Gasteiger partial charge is 0.492 e. The van der Waals surface area contributed by atoms with Gasteiger partial charge in [-0.3, -0.25) is 4.98 Å². The number of aromatic nitrogens is 1. The van der Waals surface area contributed by atoms with E-state index < -0.39 is 24.4 Å². The number of pyridine rings is 1. The van der Waals surface area contributed by atoms with Gasteiger partial charge in [0, 0.05) is 24.2 Å². The lowest BCUT2D eigenvalue weighted by Gasteiger charge is -2.32. The Morgan fingerprint density at radius 2 is 1.45 bits per heavy atom. The Kier molecular flexibility index (Phi) is 7.48. The number of hydrogen-bond acceptors (Lipinski definition) is 5. The average Bonchev–Trinajstić information content (AvgIpc) is 3.43. The van der Waals surface area contributed by atoms with E-state index in [1.807, 2.05) is 101 Å². The summed E-state index contributed by atoms with van der Waals surface area (Å²) >= 11 is 0. The van der Waals surface area contributed by atoms with Crippen molar-refractivity contribution in [3.8, 4) is 22.4 Å². The molecule has 0 spiro atoms. The highest BCUT2D eigenvalue weighted by Crippen LogP contribution is 2.44. The molecule has 42 heavy (non-hydrogen) atoms. The summed E-state index contributed by atoms with van der Waals surface area (Å²) in [7, 11) is -0.612. The summed E-state index contributed by atoms with van der Waals surface area (Å²) in [5.41, 5.74) is 7.44. The van der Waals surface area contributed by atoms with Crippen molar-refractivity contribution >= 4 is 19.3 Å². The SMILES string of the molecule is CC1(C)OB(C(=Cc2ccc(-c3ccccn3)cc2)CNC(=O)OCC2c3ccccc3-c3ccccc32)OC1(C)C.